The fourth-order valence-corrected chi connectivity index (χ4v) is 8.61. The number of fused-ring (bicyclic) bond motifs is 8. The third-order valence-corrected chi connectivity index (χ3v) is 11.1. The monoisotopic (exact) mass is 622 g/mol. The summed E-state index contributed by atoms with van der Waals surface area (Å²) in [5.74, 6) is 0. The molecule has 0 aliphatic heterocycles. The van der Waals surface area contributed by atoms with E-state index in [4.69, 9.17) is 0 Å². The standard InChI is InChI=1S/C49H34/c1-49(2)47-29-33(36-21-11-14-31-12-3-5-15-35(31)36)22-24-44(47)45-25-23-34(30-48(45)49)38-26-27-43(41-19-9-7-18-40(38)41)46-28-32-13-4-6-16-37(32)39-17-8-10-20-42(39)46/h3-30H,1-2H3. The third-order valence-electron chi connectivity index (χ3n) is 11.1. The van der Waals surface area contributed by atoms with Crippen LogP contribution in [-0.2, 0) is 5.41 Å². The van der Waals surface area contributed by atoms with Gasteiger partial charge in [-0.1, -0.05) is 166 Å². The highest BCUT2D eigenvalue weighted by atomic mass is 14.4. The van der Waals surface area contributed by atoms with Crippen LogP contribution in [0.1, 0.15) is 25.0 Å². The van der Waals surface area contributed by atoms with Gasteiger partial charge in [-0.15, -0.1) is 0 Å². The quantitative estimate of drug-likeness (QED) is 0.172. The smallest absolute Gasteiger partial charge is 0.0159 e. The van der Waals surface area contributed by atoms with Crippen LogP contribution in [0.5, 0.6) is 0 Å². The minimum atomic E-state index is -0.124. The topological polar surface area (TPSA) is 0 Å². The largest absolute Gasteiger partial charge is 0.0616 e. The van der Waals surface area contributed by atoms with Crippen LogP contribution >= 0.6 is 0 Å². The fraction of sp³-hybridized carbons (Fsp3) is 0.0612. The minimum Gasteiger partial charge on any atom is -0.0616 e. The summed E-state index contributed by atoms with van der Waals surface area (Å²) in [5, 5.41) is 10.3. The van der Waals surface area contributed by atoms with E-state index in [1.54, 1.807) is 0 Å². The van der Waals surface area contributed by atoms with E-state index in [1.165, 1.54) is 98.7 Å². The molecular weight excluding hydrogens is 589 g/mol. The Bertz CT molecular complexity index is 2790. The summed E-state index contributed by atoms with van der Waals surface area (Å²) in [7, 11) is 0. The van der Waals surface area contributed by atoms with E-state index in [0.29, 0.717) is 0 Å². The lowest BCUT2D eigenvalue weighted by Crippen LogP contribution is -2.15. The highest BCUT2D eigenvalue weighted by molar-refractivity contribution is 6.17. The Labute approximate surface area is 286 Å². The van der Waals surface area contributed by atoms with Gasteiger partial charge in [0.15, 0.2) is 0 Å². The lowest BCUT2D eigenvalue weighted by atomic mass is 9.80. The van der Waals surface area contributed by atoms with Gasteiger partial charge in [-0.25, -0.2) is 0 Å². The zero-order valence-electron chi connectivity index (χ0n) is 27.7. The predicted molar refractivity (Wildman–Crippen MR) is 210 cm³/mol. The van der Waals surface area contributed by atoms with Crippen molar-refractivity contribution < 1.29 is 0 Å². The average molecular weight is 623 g/mol. The summed E-state index contributed by atoms with van der Waals surface area (Å²) in [6, 6.07) is 63.2. The van der Waals surface area contributed by atoms with E-state index in [0.717, 1.165) is 0 Å². The van der Waals surface area contributed by atoms with Crippen molar-refractivity contribution in [2.24, 2.45) is 0 Å². The van der Waals surface area contributed by atoms with Gasteiger partial charge < -0.3 is 0 Å². The summed E-state index contributed by atoms with van der Waals surface area (Å²) in [6.07, 6.45) is 0. The molecule has 0 saturated carbocycles. The summed E-state index contributed by atoms with van der Waals surface area (Å²) >= 11 is 0. The van der Waals surface area contributed by atoms with E-state index in [-0.39, 0.29) is 5.41 Å². The molecule has 0 bridgehead atoms. The summed E-state index contributed by atoms with van der Waals surface area (Å²) in [5.41, 5.74) is 13.0. The lowest BCUT2D eigenvalue weighted by Gasteiger charge is -2.23. The van der Waals surface area contributed by atoms with Crippen molar-refractivity contribution >= 4 is 43.1 Å². The second-order valence-electron chi connectivity index (χ2n) is 14.1. The second kappa shape index (κ2) is 10.5. The molecule has 0 saturated heterocycles. The number of rotatable bonds is 3. The zero-order valence-corrected chi connectivity index (χ0v) is 27.7. The molecule has 9 aromatic rings. The maximum absolute atomic E-state index is 2.46. The normalized spacial score (nSPS) is 13.3. The molecule has 0 radical (unpaired) electrons. The van der Waals surface area contributed by atoms with Crippen molar-refractivity contribution in [1.29, 1.82) is 0 Å². The number of hydrogen-bond donors (Lipinski definition) is 0. The third kappa shape index (κ3) is 4.17. The van der Waals surface area contributed by atoms with Crippen LogP contribution in [0.15, 0.2) is 170 Å². The molecule has 0 N–H and O–H groups in total. The SMILES string of the molecule is CC1(C)c2cc(-c3cccc4ccccc34)ccc2-c2ccc(-c3ccc(-c4cc5ccccc5c5ccccc45)c4ccccc34)cc21. The Hall–Kier alpha value is -5.98. The van der Waals surface area contributed by atoms with Crippen molar-refractivity contribution in [3.8, 4) is 44.5 Å². The first kappa shape index (κ1) is 28.1. The summed E-state index contributed by atoms with van der Waals surface area (Å²) in [4.78, 5) is 0. The zero-order chi connectivity index (χ0) is 32.7. The molecule has 0 heterocycles. The van der Waals surface area contributed by atoms with Crippen LogP contribution in [0.25, 0.3) is 87.6 Å². The highest BCUT2D eigenvalue weighted by Gasteiger charge is 2.36. The van der Waals surface area contributed by atoms with Gasteiger partial charge in [0.1, 0.15) is 0 Å². The van der Waals surface area contributed by atoms with Crippen molar-refractivity contribution in [3.63, 3.8) is 0 Å². The molecule has 0 heteroatoms. The van der Waals surface area contributed by atoms with Gasteiger partial charge >= 0.3 is 0 Å². The van der Waals surface area contributed by atoms with Crippen molar-refractivity contribution in [2.45, 2.75) is 19.3 Å². The number of hydrogen-bond acceptors (Lipinski definition) is 0. The van der Waals surface area contributed by atoms with Crippen molar-refractivity contribution in [1.82, 2.24) is 0 Å². The van der Waals surface area contributed by atoms with E-state index in [1.807, 2.05) is 0 Å². The molecule has 0 aromatic heterocycles. The molecule has 0 unspecified atom stereocenters. The molecule has 10 rings (SSSR count). The molecule has 1 aliphatic rings. The summed E-state index contributed by atoms with van der Waals surface area (Å²) in [6.45, 7) is 4.78. The van der Waals surface area contributed by atoms with Gasteiger partial charge in [0.2, 0.25) is 0 Å². The summed E-state index contributed by atoms with van der Waals surface area (Å²) < 4.78 is 0. The van der Waals surface area contributed by atoms with E-state index >= 15 is 0 Å². The maximum Gasteiger partial charge on any atom is 0.0159 e. The average Bonchev–Trinajstić information content (AvgIpc) is 3.38. The van der Waals surface area contributed by atoms with Crippen molar-refractivity contribution in [3.05, 3.63) is 181 Å². The van der Waals surface area contributed by atoms with Gasteiger partial charge in [0.25, 0.3) is 0 Å². The highest BCUT2D eigenvalue weighted by Crippen LogP contribution is 2.51. The van der Waals surface area contributed by atoms with Gasteiger partial charge in [0, 0.05) is 5.41 Å². The Morgan fingerprint density at radius 1 is 0.286 bits per heavy atom. The minimum absolute atomic E-state index is 0.124. The first-order chi connectivity index (χ1) is 24.1. The first-order valence-corrected chi connectivity index (χ1v) is 17.3. The molecule has 9 aromatic carbocycles. The van der Waals surface area contributed by atoms with Gasteiger partial charge in [0.05, 0.1) is 0 Å². The van der Waals surface area contributed by atoms with Gasteiger partial charge in [-0.3, -0.25) is 0 Å². The molecule has 230 valence electrons. The Morgan fingerprint density at radius 2 is 0.735 bits per heavy atom. The van der Waals surface area contributed by atoms with Crippen LogP contribution in [-0.4, -0.2) is 0 Å². The van der Waals surface area contributed by atoms with Crippen molar-refractivity contribution in [2.75, 3.05) is 0 Å². The molecule has 49 heavy (non-hydrogen) atoms. The van der Waals surface area contributed by atoms with Crippen LogP contribution in [0.4, 0.5) is 0 Å². The lowest BCUT2D eigenvalue weighted by molar-refractivity contribution is 0.661. The molecule has 1 aliphatic carbocycles. The fourth-order valence-electron chi connectivity index (χ4n) is 8.61. The Morgan fingerprint density at radius 3 is 1.41 bits per heavy atom. The molecule has 0 amide bonds. The van der Waals surface area contributed by atoms with Crippen LogP contribution < -0.4 is 0 Å². The molecule has 0 nitrogen and oxygen atoms in total. The van der Waals surface area contributed by atoms with Gasteiger partial charge in [-0.05, 0) is 117 Å². The van der Waals surface area contributed by atoms with Crippen LogP contribution in [0.3, 0.4) is 0 Å². The molecular formula is C49H34. The van der Waals surface area contributed by atoms with E-state index in [2.05, 4.69) is 184 Å². The Kier molecular flexibility index (Phi) is 6.02. The predicted octanol–water partition coefficient (Wildman–Crippen LogP) is 13.6. The second-order valence-corrected chi connectivity index (χ2v) is 14.1. The molecule has 0 atom stereocenters. The first-order valence-electron chi connectivity index (χ1n) is 17.3. The van der Waals surface area contributed by atoms with E-state index < -0.39 is 0 Å². The molecule has 0 fully saturated rings. The van der Waals surface area contributed by atoms with Crippen LogP contribution in [0, 0.1) is 0 Å². The Balaban J connectivity index is 1.11. The number of benzene rings is 9. The maximum atomic E-state index is 2.46. The van der Waals surface area contributed by atoms with Crippen LogP contribution in [0.2, 0.25) is 0 Å². The van der Waals surface area contributed by atoms with Gasteiger partial charge in [-0.2, -0.15) is 0 Å². The van der Waals surface area contributed by atoms with E-state index in [9.17, 15) is 0 Å². The molecule has 0 spiro atoms.